The van der Waals surface area contributed by atoms with Gasteiger partial charge in [0.05, 0.1) is 0 Å². The molecule has 0 saturated carbocycles. The van der Waals surface area contributed by atoms with Gasteiger partial charge in [0.1, 0.15) is 0 Å². The minimum Gasteiger partial charge on any atom is -0.396 e. The van der Waals surface area contributed by atoms with Crippen molar-refractivity contribution in [1.29, 1.82) is 0 Å². The molecular weight excluding hydrogens is 222 g/mol. The molecule has 0 aliphatic heterocycles. The van der Waals surface area contributed by atoms with Crippen LogP contribution >= 0.6 is 0 Å². The zero-order valence-electron chi connectivity index (χ0n) is 10.9. The molecule has 0 aliphatic carbocycles. The first kappa shape index (κ1) is 18.5. The monoisotopic (exact) mass is 249 g/mol. The van der Waals surface area contributed by atoms with Crippen molar-refractivity contribution in [2.75, 3.05) is 6.61 Å². The highest BCUT2D eigenvalue weighted by Gasteiger charge is 1.91. The summed E-state index contributed by atoms with van der Waals surface area (Å²) in [6.07, 6.45) is 13.3. The van der Waals surface area contributed by atoms with Gasteiger partial charge in [0.15, 0.2) is 0 Å². The third-order valence-corrected chi connectivity index (χ3v) is 2.51. The van der Waals surface area contributed by atoms with Gasteiger partial charge in [-0.25, -0.2) is 0 Å². The predicted octanol–water partition coefficient (Wildman–Crippen LogP) is 3.55. The van der Waals surface area contributed by atoms with Gasteiger partial charge in [-0.3, -0.25) is 0 Å². The van der Waals surface area contributed by atoms with Crippen LogP contribution < -0.4 is 0 Å². The third kappa shape index (κ3) is 31.3. The van der Waals surface area contributed by atoms with Crippen LogP contribution in [0.2, 0.25) is 0 Å². The molecule has 0 atom stereocenters. The van der Waals surface area contributed by atoms with Crippen LogP contribution in [0.4, 0.5) is 0 Å². The molecule has 0 aromatic carbocycles. The number of hydrogen-bond acceptors (Lipinski definition) is 3. The highest BCUT2D eigenvalue weighted by molar-refractivity contribution is 4.46. The fraction of sp³-hybridized carbons (Fsp3) is 1.00. The van der Waals surface area contributed by atoms with Crippen LogP contribution in [-0.2, 0) is 0 Å². The SMILES string of the molecule is CCCCCCCCCCCCO.O=[N+]([O-])O. The molecule has 0 spiro atoms. The van der Waals surface area contributed by atoms with E-state index in [4.69, 9.17) is 20.4 Å². The average Bonchev–Trinajstić information content (AvgIpc) is 2.26. The number of hydrogen-bond donors (Lipinski definition) is 2. The van der Waals surface area contributed by atoms with E-state index in [1.54, 1.807) is 0 Å². The Bertz CT molecular complexity index is 139. The maximum absolute atomic E-state index is 8.57. The Kier molecular flexibility index (Phi) is 19.1. The maximum atomic E-state index is 8.57. The minimum absolute atomic E-state index is 0.372. The quantitative estimate of drug-likeness (QED) is 0.352. The van der Waals surface area contributed by atoms with Crippen molar-refractivity contribution in [3.8, 4) is 0 Å². The molecule has 104 valence electrons. The summed E-state index contributed by atoms with van der Waals surface area (Å²) in [5.74, 6) is 0. The van der Waals surface area contributed by atoms with Gasteiger partial charge in [-0.2, -0.15) is 0 Å². The average molecular weight is 249 g/mol. The summed E-state index contributed by atoms with van der Waals surface area (Å²) >= 11 is 0. The van der Waals surface area contributed by atoms with Crippen LogP contribution in [0.5, 0.6) is 0 Å². The largest absolute Gasteiger partial charge is 0.396 e. The summed E-state index contributed by atoms with van der Waals surface area (Å²) in [6.45, 7) is 2.63. The smallest absolute Gasteiger partial charge is 0.291 e. The number of rotatable bonds is 10. The van der Waals surface area contributed by atoms with E-state index < -0.39 is 5.09 Å². The van der Waals surface area contributed by atoms with Gasteiger partial charge in [0, 0.05) is 6.61 Å². The molecule has 0 fully saturated rings. The predicted molar refractivity (Wildman–Crippen MR) is 67.7 cm³/mol. The molecule has 0 aromatic rings. The Morgan fingerprint density at radius 1 is 0.882 bits per heavy atom. The van der Waals surface area contributed by atoms with Crippen LogP contribution in [0, 0.1) is 10.1 Å². The molecule has 0 aromatic heterocycles. The van der Waals surface area contributed by atoms with Crippen molar-refractivity contribution in [2.24, 2.45) is 0 Å². The second-order valence-corrected chi connectivity index (χ2v) is 4.14. The van der Waals surface area contributed by atoms with Gasteiger partial charge in [-0.05, 0) is 6.42 Å². The standard InChI is InChI=1S/C12H26O.HNO3/c1-2-3-4-5-6-7-8-9-10-11-12-13;2-1(3)4/h13H,2-12H2,1H3;(H,2,3,4). The second-order valence-electron chi connectivity index (χ2n) is 4.14. The molecule has 5 heteroatoms. The van der Waals surface area contributed by atoms with E-state index in [0.717, 1.165) is 6.42 Å². The summed E-state index contributed by atoms with van der Waals surface area (Å²) < 4.78 is 0. The van der Waals surface area contributed by atoms with Crippen molar-refractivity contribution in [3.63, 3.8) is 0 Å². The Labute approximate surface area is 104 Å². The van der Waals surface area contributed by atoms with Crippen LogP contribution in [-0.4, -0.2) is 22.0 Å². The summed E-state index contributed by atoms with van der Waals surface area (Å²) in [6, 6.07) is 0. The molecule has 0 radical (unpaired) electrons. The molecule has 2 N–H and O–H groups in total. The first-order chi connectivity index (χ1) is 8.15. The molecule has 0 bridgehead atoms. The summed E-state index contributed by atoms with van der Waals surface area (Å²) in [7, 11) is 0. The van der Waals surface area contributed by atoms with Crippen LogP contribution in [0.25, 0.3) is 0 Å². The molecule has 5 nitrogen and oxygen atoms in total. The van der Waals surface area contributed by atoms with E-state index in [1.807, 2.05) is 0 Å². The Morgan fingerprint density at radius 2 is 1.18 bits per heavy atom. The number of aliphatic hydroxyl groups is 1. The summed E-state index contributed by atoms with van der Waals surface area (Å²) in [5, 5.41) is 22.2. The van der Waals surface area contributed by atoms with Gasteiger partial charge >= 0.3 is 0 Å². The van der Waals surface area contributed by atoms with Crippen molar-refractivity contribution < 1.29 is 15.4 Å². The molecule has 0 rings (SSSR count). The van der Waals surface area contributed by atoms with Gasteiger partial charge in [0.2, 0.25) is 0 Å². The summed E-state index contributed by atoms with van der Waals surface area (Å²) in [4.78, 5) is 8.36. The van der Waals surface area contributed by atoms with Crippen molar-refractivity contribution in [3.05, 3.63) is 10.1 Å². The van der Waals surface area contributed by atoms with Crippen LogP contribution in [0.15, 0.2) is 0 Å². The van der Waals surface area contributed by atoms with E-state index in [2.05, 4.69) is 6.92 Å². The topological polar surface area (TPSA) is 83.6 Å². The second kappa shape index (κ2) is 17.6. The molecule has 0 amide bonds. The molecule has 0 aliphatic rings. The summed E-state index contributed by atoms with van der Waals surface area (Å²) in [5.41, 5.74) is 0. The fourth-order valence-electron chi connectivity index (χ4n) is 1.60. The highest BCUT2D eigenvalue weighted by Crippen LogP contribution is 2.09. The molecule has 17 heavy (non-hydrogen) atoms. The maximum Gasteiger partial charge on any atom is 0.291 e. The van der Waals surface area contributed by atoms with Crippen molar-refractivity contribution in [2.45, 2.75) is 71.1 Å². The first-order valence-electron chi connectivity index (χ1n) is 6.59. The zero-order chi connectivity index (χ0) is 13.4. The molecular formula is C12H27NO4. The normalized spacial score (nSPS) is 9.53. The number of unbranched alkanes of at least 4 members (excludes halogenated alkanes) is 9. The number of nitrogens with zero attached hydrogens (tertiary/aromatic N) is 1. The lowest BCUT2D eigenvalue weighted by molar-refractivity contribution is -0.742. The van der Waals surface area contributed by atoms with E-state index in [1.165, 1.54) is 57.8 Å². The van der Waals surface area contributed by atoms with Crippen molar-refractivity contribution in [1.82, 2.24) is 0 Å². The zero-order valence-corrected chi connectivity index (χ0v) is 10.9. The highest BCUT2D eigenvalue weighted by atomic mass is 16.9. The van der Waals surface area contributed by atoms with E-state index >= 15 is 0 Å². The lowest BCUT2D eigenvalue weighted by atomic mass is 10.1. The van der Waals surface area contributed by atoms with Crippen LogP contribution in [0.3, 0.4) is 0 Å². The van der Waals surface area contributed by atoms with Gasteiger partial charge in [-0.1, -0.05) is 64.7 Å². The van der Waals surface area contributed by atoms with E-state index in [-0.39, 0.29) is 0 Å². The molecule has 0 heterocycles. The van der Waals surface area contributed by atoms with Crippen molar-refractivity contribution >= 4 is 0 Å². The number of aliphatic hydroxyl groups excluding tert-OH is 1. The Morgan fingerprint density at radius 3 is 1.47 bits per heavy atom. The Hall–Kier alpha value is -0.840. The third-order valence-electron chi connectivity index (χ3n) is 2.51. The van der Waals surface area contributed by atoms with E-state index in [9.17, 15) is 0 Å². The first-order valence-corrected chi connectivity index (χ1v) is 6.59. The fourth-order valence-corrected chi connectivity index (χ4v) is 1.60. The van der Waals surface area contributed by atoms with Gasteiger partial charge in [0.25, 0.3) is 5.09 Å². The van der Waals surface area contributed by atoms with Crippen LogP contribution in [0.1, 0.15) is 71.1 Å². The lowest BCUT2D eigenvalue weighted by Crippen LogP contribution is -1.84. The van der Waals surface area contributed by atoms with Gasteiger partial charge in [-0.15, -0.1) is 10.1 Å². The van der Waals surface area contributed by atoms with Gasteiger partial charge < -0.3 is 10.3 Å². The molecule has 0 unspecified atom stereocenters. The lowest BCUT2D eigenvalue weighted by Gasteiger charge is -2.00. The minimum atomic E-state index is -1.50. The Balaban J connectivity index is 0. The van der Waals surface area contributed by atoms with E-state index in [0.29, 0.717) is 6.61 Å². The molecule has 0 saturated heterocycles.